The van der Waals surface area contributed by atoms with E-state index in [9.17, 15) is 4.79 Å². The van der Waals surface area contributed by atoms with Crippen molar-refractivity contribution < 1.29 is 4.79 Å². The van der Waals surface area contributed by atoms with E-state index in [1.54, 1.807) is 13.0 Å². The lowest BCUT2D eigenvalue weighted by Gasteiger charge is -2.04. The second kappa shape index (κ2) is 4.74. The molecule has 1 amide bonds. The van der Waals surface area contributed by atoms with Crippen molar-refractivity contribution >= 4 is 34.2 Å². The quantitative estimate of drug-likeness (QED) is 0.777. The summed E-state index contributed by atoms with van der Waals surface area (Å²) in [6.45, 7) is 1.76. The average molecular weight is 270 g/mol. The van der Waals surface area contributed by atoms with Crippen LogP contribution in [0.2, 0.25) is 0 Å². The highest BCUT2D eigenvalue weighted by molar-refractivity contribution is 7.08. The van der Waals surface area contributed by atoms with Gasteiger partial charge < -0.3 is 5.32 Å². The number of fused-ring (bicyclic) bond motifs is 1. The van der Waals surface area contributed by atoms with Crippen molar-refractivity contribution in [3.8, 4) is 0 Å². The van der Waals surface area contributed by atoms with Crippen molar-refractivity contribution in [2.75, 3.05) is 5.32 Å². The number of nitrogens with one attached hydrogen (secondary N) is 1. The van der Waals surface area contributed by atoms with Crippen molar-refractivity contribution in [3.05, 3.63) is 47.0 Å². The van der Waals surface area contributed by atoms with Crippen molar-refractivity contribution in [2.24, 2.45) is 0 Å². The van der Waals surface area contributed by atoms with Crippen LogP contribution in [0, 0.1) is 6.92 Å². The summed E-state index contributed by atoms with van der Waals surface area (Å²) in [6.07, 6.45) is 0. The number of aromatic nitrogens is 3. The SMILES string of the molecule is Cc1nnsc1C(=O)Nc1ccc2ccccc2n1. The topological polar surface area (TPSA) is 67.8 Å². The van der Waals surface area contributed by atoms with Crippen LogP contribution in [0.15, 0.2) is 36.4 Å². The average Bonchev–Trinajstić information content (AvgIpc) is 2.85. The predicted octanol–water partition coefficient (Wildman–Crippen LogP) is 2.65. The van der Waals surface area contributed by atoms with Crippen LogP contribution in [0.3, 0.4) is 0 Å². The Morgan fingerprint density at radius 1 is 1.21 bits per heavy atom. The molecule has 2 heterocycles. The molecule has 0 spiro atoms. The van der Waals surface area contributed by atoms with Gasteiger partial charge in [0, 0.05) is 5.39 Å². The Morgan fingerprint density at radius 3 is 2.84 bits per heavy atom. The maximum Gasteiger partial charge on any atom is 0.270 e. The summed E-state index contributed by atoms with van der Waals surface area (Å²) in [5.41, 5.74) is 1.47. The highest BCUT2D eigenvalue weighted by atomic mass is 32.1. The van der Waals surface area contributed by atoms with Gasteiger partial charge in [-0.2, -0.15) is 0 Å². The van der Waals surface area contributed by atoms with E-state index in [1.807, 2.05) is 30.3 Å². The molecule has 1 aromatic carbocycles. The summed E-state index contributed by atoms with van der Waals surface area (Å²) in [7, 11) is 0. The molecule has 2 aromatic heterocycles. The number of carbonyl (C=O) groups is 1. The van der Waals surface area contributed by atoms with E-state index < -0.39 is 0 Å². The molecule has 6 heteroatoms. The first-order valence-electron chi connectivity index (χ1n) is 5.70. The summed E-state index contributed by atoms with van der Waals surface area (Å²) in [4.78, 5) is 16.9. The zero-order valence-corrected chi connectivity index (χ0v) is 10.9. The summed E-state index contributed by atoms with van der Waals surface area (Å²) >= 11 is 1.08. The second-order valence-electron chi connectivity index (χ2n) is 4.03. The van der Waals surface area contributed by atoms with Gasteiger partial charge in [-0.05, 0) is 36.7 Å². The second-order valence-corrected chi connectivity index (χ2v) is 4.78. The maximum atomic E-state index is 12.0. The fourth-order valence-electron chi connectivity index (χ4n) is 1.75. The van der Waals surface area contributed by atoms with Gasteiger partial charge in [0.05, 0.1) is 11.2 Å². The molecule has 1 N–H and O–H groups in total. The first-order valence-corrected chi connectivity index (χ1v) is 6.47. The van der Waals surface area contributed by atoms with Gasteiger partial charge in [-0.1, -0.05) is 22.7 Å². The number of rotatable bonds is 2. The van der Waals surface area contributed by atoms with Gasteiger partial charge in [0.1, 0.15) is 10.7 Å². The van der Waals surface area contributed by atoms with E-state index in [2.05, 4.69) is 19.9 Å². The molecule has 0 aliphatic rings. The van der Waals surface area contributed by atoms with Gasteiger partial charge in [-0.3, -0.25) is 4.79 Å². The summed E-state index contributed by atoms with van der Waals surface area (Å²) in [6, 6.07) is 11.5. The molecule has 3 aromatic rings. The van der Waals surface area contributed by atoms with Crippen LogP contribution >= 0.6 is 11.5 Å². The first-order chi connectivity index (χ1) is 9.24. The lowest BCUT2D eigenvalue weighted by molar-refractivity contribution is 0.102. The molecule has 0 aliphatic carbocycles. The highest BCUT2D eigenvalue weighted by Gasteiger charge is 2.13. The molecular weight excluding hydrogens is 260 g/mol. The molecule has 0 unspecified atom stereocenters. The van der Waals surface area contributed by atoms with Crippen molar-refractivity contribution in [3.63, 3.8) is 0 Å². The van der Waals surface area contributed by atoms with Crippen LogP contribution in [-0.4, -0.2) is 20.5 Å². The molecule has 94 valence electrons. The van der Waals surface area contributed by atoms with Gasteiger partial charge in [-0.25, -0.2) is 4.98 Å². The normalized spacial score (nSPS) is 10.6. The van der Waals surface area contributed by atoms with Gasteiger partial charge in [-0.15, -0.1) is 5.10 Å². The number of pyridine rings is 1. The number of benzene rings is 1. The number of anilines is 1. The van der Waals surface area contributed by atoms with Gasteiger partial charge in [0.25, 0.3) is 5.91 Å². The van der Waals surface area contributed by atoms with Crippen LogP contribution in [0.4, 0.5) is 5.82 Å². The third-order valence-electron chi connectivity index (χ3n) is 2.70. The molecule has 0 bridgehead atoms. The molecule has 3 rings (SSSR count). The first kappa shape index (κ1) is 11.7. The number of nitrogens with zero attached hydrogens (tertiary/aromatic N) is 3. The monoisotopic (exact) mass is 270 g/mol. The van der Waals surface area contributed by atoms with Crippen LogP contribution in [0.5, 0.6) is 0 Å². The molecular formula is C13H10N4OS. The summed E-state index contributed by atoms with van der Waals surface area (Å²) in [5, 5.41) is 7.61. The Hall–Kier alpha value is -2.34. The maximum absolute atomic E-state index is 12.0. The van der Waals surface area contributed by atoms with Gasteiger partial charge in [0.15, 0.2) is 0 Å². The Morgan fingerprint density at radius 2 is 2.05 bits per heavy atom. The Labute approximate surface area is 113 Å². The fourth-order valence-corrected chi connectivity index (χ4v) is 2.30. The smallest absolute Gasteiger partial charge is 0.270 e. The standard InChI is InChI=1S/C13H10N4OS/c1-8-12(19-17-16-8)13(18)15-11-7-6-9-4-2-3-5-10(9)14-11/h2-7H,1H3,(H,14,15,18). The molecule has 5 nitrogen and oxygen atoms in total. The minimum absolute atomic E-state index is 0.227. The highest BCUT2D eigenvalue weighted by Crippen LogP contribution is 2.16. The number of carbonyl (C=O) groups excluding carboxylic acids is 1. The van der Waals surface area contributed by atoms with E-state index in [0.29, 0.717) is 16.4 Å². The predicted molar refractivity (Wildman–Crippen MR) is 74.3 cm³/mol. The third kappa shape index (κ3) is 2.30. The molecule has 0 aliphatic heterocycles. The lowest BCUT2D eigenvalue weighted by Crippen LogP contribution is -2.12. The number of aryl methyl sites for hydroxylation is 1. The molecule has 19 heavy (non-hydrogen) atoms. The van der Waals surface area contributed by atoms with E-state index in [-0.39, 0.29) is 5.91 Å². The van der Waals surface area contributed by atoms with Crippen LogP contribution in [-0.2, 0) is 0 Å². The number of para-hydroxylation sites is 1. The third-order valence-corrected chi connectivity index (χ3v) is 3.52. The molecule has 0 fully saturated rings. The summed E-state index contributed by atoms with van der Waals surface area (Å²) in [5.74, 6) is 0.298. The van der Waals surface area contributed by atoms with Crippen LogP contribution < -0.4 is 5.32 Å². The molecule has 0 saturated heterocycles. The summed E-state index contributed by atoms with van der Waals surface area (Å²) < 4.78 is 3.74. The molecule has 0 radical (unpaired) electrons. The van der Waals surface area contributed by atoms with Crippen molar-refractivity contribution in [1.29, 1.82) is 0 Å². The Balaban J connectivity index is 1.89. The van der Waals surface area contributed by atoms with E-state index in [0.717, 1.165) is 22.4 Å². The van der Waals surface area contributed by atoms with Crippen molar-refractivity contribution in [2.45, 2.75) is 6.92 Å². The molecule has 0 atom stereocenters. The minimum atomic E-state index is -0.227. The Bertz CT molecular complexity index is 753. The van der Waals surface area contributed by atoms with Crippen LogP contribution in [0.25, 0.3) is 10.9 Å². The van der Waals surface area contributed by atoms with Crippen LogP contribution in [0.1, 0.15) is 15.4 Å². The van der Waals surface area contributed by atoms with Gasteiger partial charge in [0.2, 0.25) is 0 Å². The number of amides is 1. The molecule has 0 saturated carbocycles. The largest absolute Gasteiger partial charge is 0.306 e. The van der Waals surface area contributed by atoms with Gasteiger partial charge >= 0.3 is 0 Å². The van der Waals surface area contributed by atoms with E-state index in [1.165, 1.54) is 0 Å². The lowest BCUT2D eigenvalue weighted by atomic mass is 10.2. The van der Waals surface area contributed by atoms with E-state index >= 15 is 0 Å². The van der Waals surface area contributed by atoms with E-state index in [4.69, 9.17) is 0 Å². The number of hydrogen-bond acceptors (Lipinski definition) is 5. The zero-order valence-electron chi connectivity index (χ0n) is 10.1. The number of hydrogen-bond donors (Lipinski definition) is 1. The Kier molecular flexibility index (Phi) is 2.92. The van der Waals surface area contributed by atoms with Crippen molar-refractivity contribution in [1.82, 2.24) is 14.6 Å². The minimum Gasteiger partial charge on any atom is -0.306 e. The zero-order chi connectivity index (χ0) is 13.2. The fraction of sp³-hybridized carbons (Fsp3) is 0.0769.